The van der Waals surface area contributed by atoms with Gasteiger partial charge in [0.1, 0.15) is 17.6 Å². The van der Waals surface area contributed by atoms with Gasteiger partial charge in [0.25, 0.3) is 11.2 Å². The van der Waals surface area contributed by atoms with Crippen LogP contribution < -0.4 is 10.9 Å². The summed E-state index contributed by atoms with van der Waals surface area (Å²) in [6.07, 6.45) is 1.03. The Morgan fingerprint density at radius 3 is 2.91 bits per heavy atom. The van der Waals surface area contributed by atoms with Crippen molar-refractivity contribution in [3.8, 4) is 0 Å². The molecule has 9 nitrogen and oxygen atoms in total. The van der Waals surface area contributed by atoms with Crippen molar-refractivity contribution in [2.45, 2.75) is 6.54 Å². The summed E-state index contributed by atoms with van der Waals surface area (Å²) in [5.41, 5.74) is 0.916. The average Bonchev–Trinajstić information content (AvgIpc) is 2.99. The topological polar surface area (TPSA) is 120 Å². The lowest BCUT2D eigenvalue weighted by Gasteiger charge is -2.07. The third kappa shape index (κ3) is 3.06. The molecule has 0 saturated heterocycles. The maximum Gasteiger partial charge on any atom is 0.285 e. The molecular weight excluding hydrogens is 322 g/mol. The van der Waals surface area contributed by atoms with E-state index in [1.165, 1.54) is 0 Å². The van der Waals surface area contributed by atoms with E-state index in [1.807, 2.05) is 0 Å². The zero-order valence-corrected chi connectivity index (χ0v) is 12.3. The minimum atomic E-state index is -0.629. The molecule has 1 N–H and O–H groups in total. The molecular formula is C13H9N5O4S. The van der Waals surface area contributed by atoms with Gasteiger partial charge in [0.05, 0.1) is 28.5 Å². The predicted molar refractivity (Wildman–Crippen MR) is 83.4 cm³/mol. The summed E-state index contributed by atoms with van der Waals surface area (Å²) >= 11 is 1.02. The Morgan fingerprint density at radius 2 is 2.13 bits per heavy atom. The van der Waals surface area contributed by atoms with Gasteiger partial charge in [-0.2, -0.15) is 8.75 Å². The standard InChI is InChI=1S/C13H9N5O4S/c19-11(7-17-6-8(18(21)22)4-5-12(17)20)14-9-2-1-3-10-13(9)16-23-15-10/h1-6H,7H2,(H,14,19). The van der Waals surface area contributed by atoms with E-state index < -0.39 is 16.4 Å². The molecule has 0 radical (unpaired) electrons. The smallest absolute Gasteiger partial charge is 0.285 e. The number of hydrogen-bond donors (Lipinski definition) is 1. The van der Waals surface area contributed by atoms with Gasteiger partial charge in [0.15, 0.2) is 0 Å². The average molecular weight is 331 g/mol. The molecule has 0 unspecified atom stereocenters. The van der Waals surface area contributed by atoms with Crippen molar-refractivity contribution in [3.63, 3.8) is 0 Å². The van der Waals surface area contributed by atoms with Crippen LogP contribution in [0.15, 0.2) is 41.3 Å². The Balaban J connectivity index is 1.82. The zero-order valence-electron chi connectivity index (χ0n) is 11.5. The van der Waals surface area contributed by atoms with Gasteiger partial charge in [-0.1, -0.05) is 6.07 Å². The number of rotatable bonds is 4. The van der Waals surface area contributed by atoms with Crippen LogP contribution in [0.5, 0.6) is 0 Å². The van der Waals surface area contributed by atoms with Crippen LogP contribution in [0.1, 0.15) is 0 Å². The third-order valence-corrected chi connectivity index (χ3v) is 3.60. The van der Waals surface area contributed by atoms with Crippen molar-refractivity contribution >= 4 is 40.0 Å². The number of nitrogens with zero attached hydrogens (tertiary/aromatic N) is 4. The minimum Gasteiger partial charge on any atom is -0.323 e. The first-order valence-corrected chi connectivity index (χ1v) is 7.13. The van der Waals surface area contributed by atoms with Crippen molar-refractivity contribution in [2.75, 3.05) is 5.32 Å². The van der Waals surface area contributed by atoms with E-state index in [1.54, 1.807) is 18.2 Å². The highest BCUT2D eigenvalue weighted by molar-refractivity contribution is 7.00. The number of benzene rings is 1. The molecule has 1 aromatic carbocycles. The molecule has 23 heavy (non-hydrogen) atoms. The first kappa shape index (κ1) is 14.8. The van der Waals surface area contributed by atoms with Gasteiger partial charge < -0.3 is 5.32 Å². The Hall–Kier alpha value is -3.14. The van der Waals surface area contributed by atoms with E-state index in [0.29, 0.717) is 16.7 Å². The lowest BCUT2D eigenvalue weighted by atomic mass is 10.2. The SMILES string of the molecule is O=C(Cn1cc([N+](=O)[O-])ccc1=O)Nc1cccc2nsnc12. The van der Waals surface area contributed by atoms with E-state index >= 15 is 0 Å². The summed E-state index contributed by atoms with van der Waals surface area (Å²) in [7, 11) is 0. The largest absolute Gasteiger partial charge is 0.323 e. The lowest BCUT2D eigenvalue weighted by Crippen LogP contribution is -2.27. The molecule has 10 heteroatoms. The van der Waals surface area contributed by atoms with E-state index in [-0.39, 0.29) is 12.2 Å². The van der Waals surface area contributed by atoms with E-state index in [9.17, 15) is 19.7 Å². The Morgan fingerprint density at radius 1 is 1.30 bits per heavy atom. The monoisotopic (exact) mass is 331 g/mol. The summed E-state index contributed by atoms with van der Waals surface area (Å²) < 4.78 is 9.14. The van der Waals surface area contributed by atoms with Gasteiger partial charge in [0, 0.05) is 12.1 Å². The van der Waals surface area contributed by atoms with Crippen LogP contribution >= 0.6 is 11.7 Å². The third-order valence-electron chi connectivity index (χ3n) is 3.05. The Labute approximate surface area is 132 Å². The molecule has 0 atom stereocenters. The number of nitro groups is 1. The predicted octanol–water partition coefficient (Wildman–Crippen LogP) is 1.40. The number of nitrogens with one attached hydrogen (secondary N) is 1. The van der Waals surface area contributed by atoms with E-state index in [2.05, 4.69) is 14.1 Å². The lowest BCUT2D eigenvalue weighted by molar-refractivity contribution is -0.385. The number of aromatic nitrogens is 3. The van der Waals surface area contributed by atoms with Gasteiger partial charge in [0.2, 0.25) is 5.91 Å². The number of carbonyl (C=O) groups is 1. The first-order chi connectivity index (χ1) is 11.0. The number of anilines is 1. The summed E-state index contributed by atoms with van der Waals surface area (Å²) in [5, 5.41) is 13.4. The molecule has 2 heterocycles. The number of hydrogen-bond acceptors (Lipinski definition) is 7. The van der Waals surface area contributed by atoms with E-state index in [0.717, 1.165) is 34.6 Å². The molecule has 2 aromatic heterocycles. The fourth-order valence-corrected chi connectivity index (χ4v) is 2.55. The van der Waals surface area contributed by atoms with Gasteiger partial charge in [-0.15, -0.1) is 0 Å². The number of fused-ring (bicyclic) bond motifs is 1. The zero-order chi connectivity index (χ0) is 16.4. The molecule has 0 aliphatic rings. The van der Waals surface area contributed by atoms with Crippen molar-refractivity contribution in [3.05, 3.63) is 57.0 Å². The fourth-order valence-electron chi connectivity index (χ4n) is 2.00. The van der Waals surface area contributed by atoms with Crippen molar-refractivity contribution < 1.29 is 9.72 Å². The van der Waals surface area contributed by atoms with Crippen LogP contribution in [-0.2, 0) is 11.3 Å². The number of amides is 1. The van der Waals surface area contributed by atoms with Gasteiger partial charge >= 0.3 is 0 Å². The molecule has 0 aliphatic carbocycles. The number of carbonyl (C=O) groups excluding carboxylic acids is 1. The molecule has 0 fully saturated rings. The van der Waals surface area contributed by atoms with Gasteiger partial charge in [-0.25, -0.2) is 0 Å². The fraction of sp³-hybridized carbons (Fsp3) is 0.0769. The molecule has 116 valence electrons. The first-order valence-electron chi connectivity index (χ1n) is 6.40. The Kier molecular flexibility index (Phi) is 3.81. The van der Waals surface area contributed by atoms with Crippen LogP contribution in [0.25, 0.3) is 11.0 Å². The summed E-state index contributed by atoms with van der Waals surface area (Å²) in [6.45, 7) is -0.339. The van der Waals surface area contributed by atoms with Crippen molar-refractivity contribution in [2.24, 2.45) is 0 Å². The van der Waals surface area contributed by atoms with Crippen LogP contribution in [-0.4, -0.2) is 24.1 Å². The second-order valence-electron chi connectivity index (χ2n) is 4.60. The molecule has 3 aromatic rings. The quantitative estimate of drug-likeness (QED) is 0.570. The highest BCUT2D eigenvalue weighted by atomic mass is 32.1. The Bertz CT molecular complexity index is 964. The van der Waals surface area contributed by atoms with Gasteiger partial charge in [-0.3, -0.25) is 24.3 Å². The second-order valence-corrected chi connectivity index (χ2v) is 5.12. The van der Waals surface area contributed by atoms with Crippen LogP contribution in [0.4, 0.5) is 11.4 Å². The highest BCUT2D eigenvalue weighted by Crippen LogP contribution is 2.21. The van der Waals surface area contributed by atoms with Crippen molar-refractivity contribution in [1.29, 1.82) is 0 Å². The second kappa shape index (κ2) is 5.93. The minimum absolute atomic E-state index is 0.261. The normalized spacial score (nSPS) is 10.6. The summed E-state index contributed by atoms with van der Waals surface area (Å²) in [6, 6.07) is 7.30. The van der Waals surface area contributed by atoms with Crippen LogP contribution in [0.2, 0.25) is 0 Å². The molecule has 0 bridgehead atoms. The highest BCUT2D eigenvalue weighted by Gasteiger charge is 2.12. The van der Waals surface area contributed by atoms with Crippen LogP contribution in [0.3, 0.4) is 0 Å². The molecule has 3 rings (SSSR count). The summed E-state index contributed by atoms with van der Waals surface area (Å²) in [4.78, 5) is 33.9. The van der Waals surface area contributed by atoms with E-state index in [4.69, 9.17) is 0 Å². The molecule has 0 aliphatic heterocycles. The molecule has 0 saturated carbocycles. The number of pyridine rings is 1. The van der Waals surface area contributed by atoms with Crippen LogP contribution in [0, 0.1) is 10.1 Å². The molecule has 1 amide bonds. The maximum absolute atomic E-state index is 12.1. The maximum atomic E-state index is 12.1. The summed E-state index contributed by atoms with van der Waals surface area (Å²) in [5.74, 6) is -0.493. The molecule has 0 spiro atoms. The van der Waals surface area contributed by atoms with Gasteiger partial charge in [-0.05, 0) is 12.1 Å². The van der Waals surface area contributed by atoms with Crippen molar-refractivity contribution in [1.82, 2.24) is 13.3 Å².